The van der Waals surface area contributed by atoms with Crippen molar-refractivity contribution in [3.63, 3.8) is 0 Å². The number of hydrogen-bond donors (Lipinski definition) is 2. The van der Waals surface area contributed by atoms with Crippen molar-refractivity contribution in [2.24, 2.45) is 0 Å². The smallest absolute Gasteiger partial charge is 0.243 e. The topological polar surface area (TPSA) is 87.7 Å². The van der Waals surface area contributed by atoms with Crippen LogP contribution in [0, 0.1) is 0 Å². The molecule has 25 heavy (non-hydrogen) atoms. The quantitative estimate of drug-likeness (QED) is 0.681. The van der Waals surface area contributed by atoms with Gasteiger partial charge in [0.05, 0.1) is 20.2 Å². The van der Waals surface area contributed by atoms with E-state index >= 15 is 0 Å². The molecule has 8 heteroatoms. The fourth-order valence-corrected chi connectivity index (χ4v) is 2.14. The first-order chi connectivity index (χ1) is 11.7. The molecule has 1 aromatic rings. The Balaban J connectivity index is 2.48. The van der Waals surface area contributed by atoms with Crippen molar-refractivity contribution in [3.8, 4) is 5.75 Å². The number of ether oxygens (including phenoxy) is 1. The third-order valence-corrected chi connectivity index (χ3v) is 3.57. The third-order valence-electron chi connectivity index (χ3n) is 3.38. The van der Waals surface area contributed by atoms with E-state index in [0.717, 1.165) is 0 Å². The summed E-state index contributed by atoms with van der Waals surface area (Å²) in [6.45, 7) is 4.80. The zero-order valence-corrected chi connectivity index (χ0v) is 15.6. The number of alkyl halides is 1. The second-order valence-electron chi connectivity index (χ2n) is 5.73. The first-order valence-electron chi connectivity index (χ1n) is 7.89. The fraction of sp³-hybridized carbons (Fsp3) is 0.471. The van der Waals surface area contributed by atoms with E-state index in [1.165, 1.54) is 4.90 Å². The van der Waals surface area contributed by atoms with Crippen molar-refractivity contribution < 1.29 is 19.1 Å². The van der Waals surface area contributed by atoms with Crippen molar-refractivity contribution in [2.45, 2.75) is 32.2 Å². The Kier molecular flexibility index (Phi) is 8.21. The van der Waals surface area contributed by atoms with Crippen LogP contribution in [0.15, 0.2) is 24.3 Å². The van der Waals surface area contributed by atoms with Crippen LogP contribution in [0.5, 0.6) is 5.75 Å². The maximum Gasteiger partial charge on any atom is 0.243 e. The van der Waals surface area contributed by atoms with E-state index in [9.17, 15) is 14.4 Å². The number of nitrogens with zero attached hydrogens (tertiary/aromatic N) is 1. The zero-order chi connectivity index (χ0) is 19.0. The summed E-state index contributed by atoms with van der Waals surface area (Å²) in [6, 6.07) is 6.65. The van der Waals surface area contributed by atoms with Gasteiger partial charge < -0.3 is 20.3 Å². The van der Waals surface area contributed by atoms with Crippen LogP contribution in [-0.4, -0.2) is 54.2 Å². The molecule has 0 heterocycles. The van der Waals surface area contributed by atoms with Gasteiger partial charge in [0.25, 0.3) is 0 Å². The molecule has 3 amide bonds. The molecule has 1 unspecified atom stereocenters. The lowest BCUT2D eigenvalue weighted by molar-refractivity contribution is -0.137. The van der Waals surface area contributed by atoms with Crippen molar-refractivity contribution >= 4 is 35.0 Å². The molecule has 1 aromatic carbocycles. The number of nitrogens with one attached hydrogen (secondary N) is 2. The fourth-order valence-electron chi connectivity index (χ4n) is 2.01. The summed E-state index contributed by atoms with van der Waals surface area (Å²) in [4.78, 5) is 37.2. The van der Waals surface area contributed by atoms with Crippen LogP contribution in [0.4, 0.5) is 5.69 Å². The number of amides is 3. The Labute approximate surface area is 152 Å². The Hall–Kier alpha value is -2.28. The number of anilines is 1. The van der Waals surface area contributed by atoms with Gasteiger partial charge in [-0.15, -0.1) is 11.6 Å². The van der Waals surface area contributed by atoms with Gasteiger partial charge in [-0.05, 0) is 45.0 Å². The van der Waals surface area contributed by atoms with Crippen LogP contribution in [-0.2, 0) is 14.4 Å². The summed E-state index contributed by atoms with van der Waals surface area (Å²) in [6.07, 6.45) is 0. The summed E-state index contributed by atoms with van der Waals surface area (Å²) in [5, 5.41) is 4.43. The van der Waals surface area contributed by atoms with Gasteiger partial charge in [-0.25, -0.2) is 0 Å². The van der Waals surface area contributed by atoms with Gasteiger partial charge in [-0.2, -0.15) is 0 Å². The van der Waals surface area contributed by atoms with Gasteiger partial charge in [0.15, 0.2) is 0 Å². The molecule has 1 atom stereocenters. The van der Waals surface area contributed by atoms with Gasteiger partial charge in [0.2, 0.25) is 17.7 Å². The van der Waals surface area contributed by atoms with Crippen LogP contribution in [0.2, 0.25) is 0 Å². The van der Waals surface area contributed by atoms with E-state index in [4.69, 9.17) is 16.3 Å². The number of benzene rings is 1. The third kappa shape index (κ3) is 7.01. The van der Waals surface area contributed by atoms with Crippen LogP contribution < -0.4 is 15.4 Å². The molecular formula is C17H24ClN3O4. The molecule has 7 nitrogen and oxygen atoms in total. The predicted octanol–water partition coefficient (Wildman–Crippen LogP) is 1.61. The summed E-state index contributed by atoms with van der Waals surface area (Å²) in [5.41, 5.74) is 0.593. The Morgan fingerprint density at radius 2 is 1.72 bits per heavy atom. The van der Waals surface area contributed by atoms with E-state index < -0.39 is 11.3 Å². The zero-order valence-electron chi connectivity index (χ0n) is 14.8. The maximum atomic E-state index is 12.0. The Morgan fingerprint density at radius 3 is 2.20 bits per heavy atom. The molecule has 1 rings (SSSR count). The van der Waals surface area contributed by atoms with Gasteiger partial charge >= 0.3 is 0 Å². The molecule has 0 aliphatic carbocycles. The van der Waals surface area contributed by atoms with Crippen LogP contribution in [0.1, 0.15) is 20.8 Å². The van der Waals surface area contributed by atoms with Gasteiger partial charge in [0, 0.05) is 11.7 Å². The second-order valence-corrected chi connectivity index (χ2v) is 6.38. The number of halogens is 1. The highest BCUT2D eigenvalue weighted by atomic mass is 35.5. The molecule has 0 spiro atoms. The highest BCUT2D eigenvalue weighted by molar-refractivity contribution is 6.30. The van der Waals surface area contributed by atoms with Crippen molar-refractivity contribution in [1.82, 2.24) is 10.2 Å². The largest absolute Gasteiger partial charge is 0.497 e. The van der Waals surface area contributed by atoms with Gasteiger partial charge in [-0.3, -0.25) is 14.4 Å². The van der Waals surface area contributed by atoms with Crippen LogP contribution in [0.25, 0.3) is 0 Å². The number of carbonyl (C=O) groups is 3. The average Bonchev–Trinajstić information content (AvgIpc) is 2.57. The predicted molar refractivity (Wildman–Crippen MR) is 96.8 cm³/mol. The van der Waals surface area contributed by atoms with E-state index in [2.05, 4.69) is 10.6 Å². The summed E-state index contributed by atoms with van der Waals surface area (Å²) < 4.78 is 5.03. The summed E-state index contributed by atoms with van der Waals surface area (Å²) >= 11 is 5.79. The standard InChI is InChI=1S/C17H24ClN3O4/c1-11(2)21(17(24)12(3)18)10-16(23)19-9-15(22)20-13-5-7-14(25-4)8-6-13/h5-8,11-12H,9-10H2,1-4H3,(H,19,23)(H,20,22). The lowest BCUT2D eigenvalue weighted by atomic mass is 10.2. The Morgan fingerprint density at radius 1 is 1.12 bits per heavy atom. The average molecular weight is 370 g/mol. The van der Waals surface area contributed by atoms with Crippen molar-refractivity contribution in [1.29, 1.82) is 0 Å². The molecule has 0 saturated heterocycles. The number of rotatable bonds is 8. The molecule has 0 aliphatic rings. The highest BCUT2D eigenvalue weighted by Gasteiger charge is 2.23. The minimum atomic E-state index is -0.714. The first-order valence-corrected chi connectivity index (χ1v) is 8.33. The molecule has 0 aliphatic heterocycles. The highest BCUT2D eigenvalue weighted by Crippen LogP contribution is 2.14. The lowest BCUT2D eigenvalue weighted by Gasteiger charge is -2.27. The molecule has 0 saturated carbocycles. The van der Waals surface area contributed by atoms with Gasteiger partial charge in [0.1, 0.15) is 11.1 Å². The minimum absolute atomic E-state index is 0.149. The van der Waals surface area contributed by atoms with E-state index in [1.807, 2.05) is 0 Å². The monoisotopic (exact) mass is 369 g/mol. The van der Waals surface area contributed by atoms with E-state index in [1.54, 1.807) is 52.1 Å². The molecular weight excluding hydrogens is 346 g/mol. The molecule has 0 bridgehead atoms. The number of carbonyl (C=O) groups excluding carboxylic acids is 3. The lowest BCUT2D eigenvalue weighted by Crippen LogP contribution is -2.47. The molecule has 0 aromatic heterocycles. The molecule has 2 N–H and O–H groups in total. The molecule has 0 radical (unpaired) electrons. The minimum Gasteiger partial charge on any atom is -0.497 e. The first kappa shape index (κ1) is 20.8. The van der Waals surface area contributed by atoms with Crippen LogP contribution in [0.3, 0.4) is 0 Å². The van der Waals surface area contributed by atoms with E-state index in [0.29, 0.717) is 11.4 Å². The summed E-state index contributed by atoms with van der Waals surface area (Å²) in [5.74, 6) is -0.441. The summed E-state index contributed by atoms with van der Waals surface area (Å²) in [7, 11) is 1.55. The van der Waals surface area contributed by atoms with Gasteiger partial charge in [-0.1, -0.05) is 0 Å². The van der Waals surface area contributed by atoms with Crippen molar-refractivity contribution in [2.75, 3.05) is 25.5 Å². The SMILES string of the molecule is COc1ccc(NC(=O)CNC(=O)CN(C(=O)C(C)Cl)C(C)C)cc1. The molecule has 138 valence electrons. The van der Waals surface area contributed by atoms with Crippen molar-refractivity contribution in [3.05, 3.63) is 24.3 Å². The van der Waals surface area contributed by atoms with E-state index in [-0.39, 0.29) is 30.9 Å². The number of methoxy groups -OCH3 is 1. The number of hydrogen-bond acceptors (Lipinski definition) is 4. The second kappa shape index (κ2) is 9.88. The normalized spacial score (nSPS) is 11.6. The molecule has 0 fully saturated rings. The Bertz CT molecular complexity index is 602. The maximum absolute atomic E-state index is 12.0. The van der Waals surface area contributed by atoms with Crippen LogP contribution >= 0.6 is 11.6 Å².